The van der Waals surface area contributed by atoms with E-state index in [1.165, 1.54) is 19.1 Å². The van der Waals surface area contributed by atoms with Gasteiger partial charge in [-0.3, -0.25) is 4.79 Å². The molecule has 6 nitrogen and oxygen atoms in total. The van der Waals surface area contributed by atoms with Gasteiger partial charge in [0.2, 0.25) is 5.91 Å². The molecule has 2 rings (SSSR count). The zero-order chi connectivity index (χ0) is 20.0. The number of aliphatic hydroxyl groups excluding tert-OH is 2. The second kappa shape index (κ2) is 9.39. The van der Waals surface area contributed by atoms with Gasteiger partial charge >= 0.3 is 0 Å². The number of rotatable bonds is 8. The van der Waals surface area contributed by atoms with Crippen LogP contribution >= 0.6 is 0 Å². The number of hydrogen-bond acceptors (Lipinski definition) is 5. The number of amides is 1. The van der Waals surface area contributed by atoms with Crippen LogP contribution in [0.3, 0.4) is 0 Å². The summed E-state index contributed by atoms with van der Waals surface area (Å²) in [5, 5.41) is 21.0. The predicted octanol–water partition coefficient (Wildman–Crippen LogP) is 2.71. The maximum absolute atomic E-state index is 12.6. The summed E-state index contributed by atoms with van der Waals surface area (Å²) in [6.45, 7) is 1.77. The normalized spacial score (nSPS) is 14.1. The number of likely N-dealkylation sites (N-methyl/N-ethyl adjacent to an activating group) is 1. The van der Waals surface area contributed by atoms with Crippen molar-refractivity contribution >= 4 is 5.91 Å². The van der Waals surface area contributed by atoms with Gasteiger partial charge in [-0.15, -0.1) is 0 Å². The second-order valence-corrected chi connectivity index (χ2v) is 6.47. The van der Waals surface area contributed by atoms with Gasteiger partial charge < -0.3 is 24.6 Å². The van der Waals surface area contributed by atoms with Gasteiger partial charge in [-0.25, -0.2) is 0 Å². The number of methoxy groups -OCH3 is 2. The summed E-state index contributed by atoms with van der Waals surface area (Å²) in [6, 6.07) is 13.8. The van der Waals surface area contributed by atoms with E-state index in [1.54, 1.807) is 32.2 Å². The van der Waals surface area contributed by atoms with E-state index < -0.39 is 18.2 Å². The fourth-order valence-corrected chi connectivity index (χ4v) is 2.82. The highest BCUT2D eigenvalue weighted by Gasteiger charge is 2.26. The van der Waals surface area contributed by atoms with Gasteiger partial charge in [0.05, 0.1) is 38.9 Å². The Balaban J connectivity index is 2.07. The maximum Gasteiger partial charge on any atom is 0.225 e. The maximum atomic E-state index is 12.6. The first-order valence-corrected chi connectivity index (χ1v) is 8.77. The van der Waals surface area contributed by atoms with Gasteiger partial charge in [-0.2, -0.15) is 0 Å². The van der Waals surface area contributed by atoms with Crippen LogP contribution in [0.25, 0.3) is 0 Å². The summed E-state index contributed by atoms with van der Waals surface area (Å²) in [5.41, 5.74) is 1.27. The minimum absolute atomic E-state index is 0.112. The van der Waals surface area contributed by atoms with Crippen molar-refractivity contribution in [3.63, 3.8) is 0 Å². The quantitative estimate of drug-likeness (QED) is 0.744. The number of carbonyl (C=O) groups is 1. The highest BCUT2D eigenvalue weighted by Crippen LogP contribution is 2.29. The molecule has 0 heterocycles. The molecular weight excluding hydrogens is 346 g/mol. The van der Waals surface area contributed by atoms with Crippen molar-refractivity contribution in [1.29, 1.82) is 0 Å². The number of benzene rings is 2. The number of hydrogen-bond donors (Lipinski definition) is 2. The summed E-state index contributed by atoms with van der Waals surface area (Å²) in [7, 11) is 4.67. The molecule has 0 aliphatic heterocycles. The zero-order valence-corrected chi connectivity index (χ0v) is 16.1. The first-order valence-electron chi connectivity index (χ1n) is 8.77. The van der Waals surface area contributed by atoms with Crippen molar-refractivity contribution in [2.75, 3.05) is 21.3 Å². The Morgan fingerprint density at radius 3 is 2.07 bits per heavy atom. The summed E-state index contributed by atoms with van der Waals surface area (Å²) in [5.74, 6) is 0.806. The fraction of sp³-hybridized carbons (Fsp3) is 0.381. The van der Waals surface area contributed by atoms with Crippen molar-refractivity contribution in [1.82, 2.24) is 4.90 Å². The highest BCUT2D eigenvalue weighted by molar-refractivity contribution is 5.77. The molecule has 146 valence electrons. The average molecular weight is 373 g/mol. The minimum Gasteiger partial charge on any atom is -0.497 e. The standard InChI is InChI=1S/C21H27NO5/c1-14(21(25)15-8-6-5-7-9-15)22(2)20(24)13-19(23)16-10-17(26-3)12-18(11-16)27-4/h5-12,14,19,21,23,25H,13H2,1-4H3/t14-,19+,21+/m0/s1. The van der Waals surface area contributed by atoms with E-state index in [1.807, 2.05) is 30.3 Å². The van der Waals surface area contributed by atoms with Crippen molar-refractivity contribution in [2.45, 2.75) is 31.6 Å². The highest BCUT2D eigenvalue weighted by atomic mass is 16.5. The van der Waals surface area contributed by atoms with Crippen LogP contribution in [0.1, 0.15) is 36.7 Å². The lowest BCUT2D eigenvalue weighted by atomic mass is 10.0. The minimum atomic E-state index is -1.01. The molecule has 1 amide bonds. The van der Waals surface area contributed by atoms with E-state index >= 15 is 0 Å². The van der Waals surface area contributed by atoms with Gasteiger partial charge in [0.15, 0.2) is 0 Å². The Hall–Kier alpha value is -2.57. The molecule has 2 aromatic carbocycles. The first-order chi connectivity index (χ1) is 12.9. The smallest absolute Gasteiger partial charge is 0.225 e. The molecule has 2 N–H and O–H groups in total. The van der Waals surface area contributed by atoms with Gasteiger partial charge in [0.25, 0.3) is 0 Å². The third-order valence-corrected chi connectivity index (χ3v) is 4.73. The predicted molar refractivity (Wildman–Crippen MR) is 103 cm³/mol. The summed E-state index contributed by atoms with van der Waals surface area (Å²) >= 11 is 0. The molecule has 0 aromatic heterocycles. The average Bonchev–Trinajstić information content (AvgIpc) is 2.71. The number of nitrogens with zero attached hydrogens (tertiary/aromatic N) is 1. The third kappa shape index (κ3) is 5.21. The number of ether oxygens (including phenoxy) is 2. The molecule has 0 unspecified atom stereocenters. The van der Waals surface area contributed by atoms with Gasteiger partial charge in [-0.1, -0.05) is 30.3 Å². The Morgan fingerprint density at radius 2 is 1.56 bits per heavy atom. The van der Waals surface area contributed by atoms with Gasteiger partial charge in [0.1, 0.15) is 11.5 Å². The van der Waals surface area contributed by atoms with Crippen molar-refractivity contribution in [3.8, 4) is 11.5 Å². The molecule has 6 heteroatoms. The van der Waals surface area contributed by atoms with E-state index in [0.717, 1.165) is 5.56 Å². The molecule has 0 bridgehead atoms. The topological polar surface area (TPSA) is 79.2 Å². The van der Waals surface area contributed by atoms with E-state index in [4.69, 9.17) is 9.47 Å². The van der Waals surface area contributed by atoms with Gasteiger partial charge in [-0.05, 0) is 30.2 Å². The van der Waals surface area contributed by atoms with Gasteiger partial charge in [0, 0.05) is 13.1 Å². The van der Waals surface area contributed by atoms with Crippen LogP contribution in [-0.4, -0.2) is 48.3 Å². The fourth-order valence-electron chi connectivity index (χ4n) is 2.82. The largest absolute Gasteiger partial charge is 0.497 e. The Morgan fingerprint density at radius 1 is 1.00 bits per heavy atom. The summed E-state index contributed by atoms with van der Waals surface area (Å²) in [4.78, 5) is 14.1. The SMILES string of the molecule is COc1cc(OC)cc([C@H](O)CC(=O)N(C)[C@@H](C)[C@@H](O)c2ccccc2)c1. The Labute approximate surface area is 160 Å². The van der Waals surface area contributed by atoms with Crippen LogP contribution in [0.4, 0.5) is 0 Å². The molecule has 0 aliphatic rings. The molecule has 0 spiro atoms. The van der Waals surface area contributed by atoms with E-state index in [9.17, 15) is 15.0 Å². The van der Waals surface area contributed by atoms with Crippen molar-refractivity contribution in [3.05, 3.63) is 59.7 Å². The molecule has 0 saturated heterocycles. The Bertz CT molecular complexity index is 727. The molecule has 0 fully saturated rings. The zero-order valence-electron chi connectivity index (χ0n) is 16.1. The molecule has 0 aliphatic carbocycles. The first kappa shape index (κ1) is 20.7. The van der Waals surface area contributed by atoms with E-state index in [2.05, 4.69) is 0 Å². The summed E-state index contributed by atoms with van der Waals surface area (Å²) < 4.78 is 10.4. The molecule has 3 atom stereocenters. The van der Waals surface area contributed by atoms with Crippen molar-refractivity contribution < 1.29 is 24.5 Å². The molecule has 2 aromatic rings. The third-order valence-electron chi connectivity index (χ3n) is 4.73. The lowest BCUT2D eigenvalue weighted by molar-refractivity contribution is -0.136. The molecular formula is C21H27NO5. The Kier molecular flexibility index (Phi) is 7.21. The van der Waals surface area contributed by atoms with E-state index in [0.29, 0.717) is 17.1 Å². The lowest BCUT2D eigenvalue weighted by Crippen LogP contribution is -2.39. The van der Waals surface area contributed by atoms with Crippen LogP contribution in [0.15, 0.2) is 48.5 Å². The lowest BCUT2D eigenvalue weighted by Gasteiger charge is -2.30. The molecule has 27 heavy (non-hydrogen) atoms. The number of aliphatic hydroxyl groups is 2. The van der Waals surface area contributed by atoms with Crippen LogP contribution in [0, 0.1) is 0 Å². The monoisotopic (exact) mass is 373 g/mol. The van der Waals surface area contributed by atoms with E-state index in [-0.39, 0.29) is 12.3 Å². The van der Waals surface area contributed by atoms with Crippen LogP contribution in [-0.2, 0) is 4.79 Å². The molecule has 0 saturated carbocycles. The van der Waals surface area contributed by atoms with Crippen molar-refractivity contribution in [2.24, 2.45) is 0 Å². The summed E-state index contributed by atoms with van der Waals surface area (Å²) in [6.07, 6.45) is -1.93. The van der Waals surface area contributed by atoms with Crippen LogP contribution < -0.4 is 9.47 Å². The second-order valence-electron chi connectivity index (χ2n) is 6.47. The molecule has 0 radical (unpaired) electrons. The van der Waals surface area contributed by atoms with Crippen LogP contribution in [0.5, 0.6) is 11.5 Å². The van der Waals surface area contributed by atoms with Crippen LogP contribution in [0.2, 0.25) is 0 Å². The number of carbonyl (C=O) groups excluding carboxylic acids is 1.